The summed E-state index contributed by atoms with van der Waals surface area (Å²) in [5.74, 6) is 0. The predicted octanol–water partition coefficient (Wildman–Crippen LogP) is -0.0682. The monoisotopic (exact) mass is 422 g/mol. The second kappa shape index (κ2) is 31.0. The fraction of sp³-hybridized carbons (Fsp3) is 0. The molecule has 0 aliphatic heterocycles. The normalized spacial score (nSPS) is 0. The molecule has 0 aromatic heterocycles. The molecule has 1 atom stereocenters. The van der Waals surface area contributed by atoms with Crippen LogP contribution in [0.4, 0.5) is 0 Å². The summed E-state index contributed by atoms with van der Waals surface area (Å²) in [6.45, 7) is 0. The Bertz CT molecular complexity index is 11.6. The minimum Gasteiger partial charge on any atom is -2.00 e. The van der Waals surface area contributed by atoms with Gasteiger partial charge in [-0.3, -0.25) is 0 Å². The van der Waals surface area contributed by atoms with Crippen molar-refractivity contribution in [2.75, 3.05) is 0 Å². The maximum atomic E-state index is 0. The summed E-state index contributed by atoms with van der Waals surface area (Å²) in [7, 11) is 0. The van der Waals surface area contributed by atoms with Crippen LogP contribution >= 0.6 is 9.90 Å². The van der Waals surface area contributed by atoms with Gasteiger partial charge in [0.2, 0.25) is 0 Å². The van der Waals surface area contributed by atoms with Crippen LogP contribution < -0.4 is 0 Å². The molecule has 1 unspecified atom stereocenters. The van der Waals surface area contributed by atoms with Crippen LogP contribution in [0.25, 0.3) is 0 Å². The first kappa shape index (κ1) is 49.7. The van der Waals surface area contributed by atoms with Gasteiger partial charge in [-0.05, 0) is 0 Å². The molecule has 0 aliphatic rings. The van der Waals surface area contributed by atoms with Crippen LogP contribution in [0.15, 0.2) is 0 Å². The molecule has 0 spiro atoms. The van der Waals surface area contributed by atoms with Gasteiger partial charge in [-0.1, -0.05) is 0 Å². The van der Waals surface area contributed by atoms with Gasteiger partial charge in [-0.25, -0.2) is 0 Å². The van der Waals surface area contributed by atoms with Gasteiger partial charge in [-0.2, -0.15) is 9.90 Å². The van der Waals surface area contributed by atoms with E-state index in [9.17, 15) is 0 Å². The molecule has 0 aromatic rings. The maximum Gasteiger partial charge on any atom is 5.00 e. The molecule has 0 rings (SSSR count). The molecule has 0 bridgehead atoms. The van der Waals surface area contributed by atoms with Crippen LogP contribution in [0.1, 0.15) is 0 Å². The van der Waals surface area contributed by atoms with Gasteiger partial charge in [-0.15, -0.1) is 0 Å². The van der Waals surface area contributed by atoms with Crippen LogP contribution in [0.2, 0.25) is 0 Å². The third-order valence-electron chi connectivity index (χ3n) is 0. The van der Waals surface area contributed by atoms with Gasteiger partial charge in [0.1, 0.15) is 0 Å². The molecular weight excluding hydrogens is 417 g/mol. The average Bonchev–Trinajstić information content (AvgIpc) is 0. The quantitative estimate of drug-likeness (QED) is 0.389. The zero-order chi connectivity index (χ0) is 0. The summed E-state index contributed by atoms with van der Waals surface area (Å²) in [5, 5.41) is 0. The van der Waals surface area contributed by atoms with Gasteiger partial charge in [0.15, 0.2) is 0 Å². The zero-order valence-corrected chi connectivity index (χ0v) is 11.3. The molecule has 5 heteroatoms. The van der Waals surface area contributed by atoms with Gasteiger partial charge >= 0.3 is 65.8 Å². The first-order valence-electron chi connectivity index (χ1n) is 0. The van der Waals surface area contributed by atoms with E-state index in [1.165, 1.54) is 0 Å². The predicted molar refractivity (Wildman–Crippen MR) is 11.8 cm³/mol. The average molecular weight is 420 g/mol. The first-order chi connectivity index (χ1) is 0. The van der Waals surface area contributed by atoms with Crippen molar-refractivity contribution in [3.63, 3.8) is 0 Å². The van der Waals surface area contributed by atoms with Gasteiger partial charge in [0.25, 0.3) is 0 Å². The van der Waals surface area contributed by atoms with Crippen molar-refractivity contribution < 1.29 is 71.3 Å². The second-order valence-electron chi connectivity index (χ2n) is 0. The minimum absolute atomic E-state index is 0. The van der Waals surface area contributed by atoms with Crippen LogP contribution in [-0.4, -0.2) is 0 Å². The van der Waals surface area contributed by atoms with E-state index >= 15 is 0 Å². The minimum atomic E-state index is 0. The molecule has 0 amide bonds. The standard InChI is InChI=1S/Mo.Nb.O.H3P.Ta/h;;;1H3;/q+4;+5;-2;;+5. The van der Waals surface area contributed by atoms with E-state index in [4.69, 9.17) is 0 Å². The largest absolute Gasteiger partial charge is 5.00 e. The molecule has 5 heavy (non-hydrogen) atoms. The molecule has 0 N–H and O–H groups in total. The van der Waals surface area contributed by atoms with E-state index in [0.29, 0.717) is 0 Å². The Labute approximate surface area is 80.3 Å². The van der Waals surface area contributed by atoms with Crippen molar-refractivity contribution in [1.82, 2.24) is 0 Å². The summed E-state index contributed by atoms with van der Waals surface area (Å²) in [5.41, 5.74) is 0. The third-order valence-corrected chi connectivity index (χ3v) is 0. The van der Waals surface area contributed by atoms with E-state index in [1.807, 2.05) is 0 Å². The topological polar surface area (TPSA) is 28.5 Å². The number of rotatable bonds is 0. The van der Waals surface area contributed by atoms with Crippen molar-refractivity contribution in [3.8, 4) is 0 Å². The molecule has 0 saturated carbocycles. The third kappa shape index (κ3) is 20.8. The molecule has 1 nitrogen and oxygen atoms in total. The summed E-state index contributed by atoms with van der Waals surface area (Å²) in [4.78, 5) is 0. The van der Waals surface area contributed by atoms with E-state index < -0.39 is 0 Å². The fourth-order valence-corrected chi connectivity index (χ4v) is 0. The molecule has 0 radical (unpaired) electrons. The molecule has 0 saturated heterocycles. The zero-order valence-electron chi connectivity index (χ0n) is 2.42. The van der Waals surface area contributed by atoms with Crippen molar-refractivity contribution in [2.45, 2.75) is 0 Å². The van der Waals surface area contributed by atoms with E-state index in [0.717, 1.165) is 0 Å². The van der Waals surface area contributed by atoms with Crippen molar-refractivity contribution in [3.05, 3.63) is 0 Å². The summed E-state index contributed by atoms with van der Waals surface area (Å²) in [6, 6.07) is 0. The SMILES string of the molecule is P.[Mo+4].[Nb+5].[O-2].[Ta+5]. The molecule has 0 fully saturated rings. The Kier molecular flexibility index (Phi) is 307. The molecule has 0 heterocycles. The first-order valence-corrected chi connectivity index (χ1v) is 0. The van der Waals surface area contributed by atoms with Crippen LogP contribution in [0.3, 0.4) is 0 Å². The molecule has 18 valence electrons. The van der Waals surface area contributed by atoms with Gasteiger partial charge in [0.05, 0.1) is 0 Å². The Morgan fingerprint density at radius 3 is 1.00 bits per heavy atom. The van der Waals surface area contributed by atoms with Gasteiger partial charge in [0, 0.05) is 0 Å². The summed E-state index contributed by atoms with van der Waals surface area (Å²) in [6.07, 6.45) is 0. The van der Waals surface area contributed by atoms with Crippen LogP contribution in [-0.2, 0) is 71.3 Å². The van der Waals surface area contributed by atoms with E-state index in [2.05, 4.69) is 0 Å². The number of hydrogen-bond donors (Lipinski definition) is 0. The summed E-state index contributed by atoms with van der Waals surface area (Å²) >= 11 is 0. The number of hydrogen-bond acceptors (Lipinski definition) is 0. The fourth-order valence-electron chi connectivity index (χ4n) is 0. The summed E-state index contributed by atoms with van der Waals surface area (Å²) < 4.78 is 0. The van der Waals surface area contributed by atoms with Crippen molar-refractivity contribution in [1.29, 1.82) is 0 Å². The molecule has 0 aliphatic carbocycles. The van der Waals surface area contributed by atoms with Gasteiger partial charge < -0.3 is 5.48 Å². The Morgan fingerprint density at radius 2 is 1.00 bits per heavy atom. The van der Waals surface area contributed by atoms with Crippen molar-refractivity contribution in [2.24, 2.45) is 0 Å². The Hall–Kier alpha value is 2.56. The Morgan fingerprint density at radius 1 is 1.00 bits per heavy atom. The van der Waals surface area contributed by atoms with Crippen LogP contribution in [0, 0.1) is 0 Å². The Balaban J connectivity index is 0. The second-order valence-corrected chi connectivity index (χ2v) is 0. The van der Waals surface area contributed by atoms with E-state index in [-0.39, 0.29) is 81.2 Å². The van der Waals surface area contributed by atoms with Crippen LogP contribution in [0.5, 0.6) is 0 Å². The van der Waals surface area contributed by atoms with Crippen molar-refractivity contribution >= 4 is 9.90 Å². The smallest absolute Gasteiger partial charge is 2.00 e. The molecule has 0 aromatic carbocycles. The maximum absolute atomic E-state index is 0. The molecular formula is H3MoNbOPTa+12. The van der Waals surface area contributed by atoms with E-state index in [1.54, 1.807) is 0 Å².